The lowest BCUT2D eigenvalue weighted by Crippen LogP contribution is -2.34. The fourth-order valence-electron chi connectivity index (χ4n) is 2.36. The fraction of sp³-hybridized carbons (Fsp3) is 0.500. The minimum Gasteiger partial charge on any atom is -0.321 e. The summed E-state index contributed by atoms with van der Waals surface area (Å²) in [5.41, 5.74) is 5.49. The Morgan fingerprint density at radius 3 is 2.38 bits per heavy atom. The van der Waals surface area contributed by atoms with Gasteiger partial charge in [0.05, 0.1) is 0 Å². The van der Waals surface area contributed by atoms with Crippen molar-refractivity contribution in [3.63, 3.8) is 0 Å². The largest absolute Gasteiger partial charge is 0.321 e. The van der Waals surface area contributed by atoms with Gasteiger partial charge in [-0.25, -0.2) is 13.2 Å². The van der Waals surface area contributed by atoms with Crippen molar-refractivity contribution in [2.75, 3.05) is 0 Å². The minimum atomic E-state index is -1.01. The summed E-state index contributed by atoms with van der Waals surface area (Å²) < 4.78 is 39.4. The molecule has 1 fully saturated rings. The van der Waals surface area contributed by atoms with Crippen LogP contribution in [0.1, 0.15) is 36.8 Å². The normalized spacial score (nSPS) is 19.0. The lowest BCUT2D eigenvalue weighted by molar-refractivity contribution is 0.407. The van der Waals surface area contributed by atoms with Crippen molar-refractivity contribution in [1.82, 2.24) is 0 Å². The molecule has 0 saturated heterocycles. The predicted molar refractivity (Wildman–Crippen MR) is 55.5 cm³/mol. The highest BCUT2D eigenvalue weighted by Crippen LogP contribution is 2.38. The Kier molecular flexibility index (Phi) is 2.93. The zero-order valence-electron chi connectivity index (χ0n) is 8.90. The van der Waals surface area contributed by atoms with Crippen molar-refractivity contribution in [2.24, 2.45) is 5.73 Å². The summed E-state index contributed by atoms with van der Waals surface area (Å²) in [7, 11) is 0. The van der Waals surface area contributed by atoms with Crippen LogP contribution in [-0.4, -0.2) is 0 Å². The molecule has 1 nitrogen and oxygen atoms in total. The third kappa shape index (κ3) is 1.82. The number of nitrogens with two attached hydrogens (primary N) is 1. The van der Waals surface area contributed by atoms with E-state index in [1.807, 2.05) is 0 Å². The van der Waals surface area contributed by atoms with Crippen LogP contribution in [0.15, 0.2) is 12.1 Å². The lowest BCUT2D eigenvalue weighted by atomic mass is 9.88. The maximum Gasteiger partial charge on any atom is 0.163 e. The molecule has 1 aromatic carbocycles. The Morgan fingerprint density at radius 1 is 1.19 bits per heavy atom. The smallest absolute Gasteiger partial charge is 0.163 e. The molecule has 4 heteroatoms. The highest BCUT2D eigenvalue weighted by Gasteiger charge is 2.34. The van der Waals surface area contributed by atoms with Crippen LogP contribution in [0, 0.1) is 11.6 Å². The summed E-state index contributed by atoms with van der Waals surface area (Å²) in [6.07, 6.45) is 3.05. The molecule has 0 unspecified atom stereocenters. The number of rotatable bonds is 2. The first-order valence-corrected chi connectivity index (χ1v) is 5.40. The Bertz CT molecular complexity index is 397. The Hall–Kier alpha value is -1.03. The van der Waals surface area contributed by atoms with Crippen molar-refractivity contribution in [1.29, 1.82) is 0 Å². The second-order valence-electron chi connectivity index (χ2n) is 4.44. The molecule has 0 bridgehead atoms. The molecule has 1 aliphatic carbocycles. The van der Waals surface area contributed by atoms with Gasteiger partial charge in [-0.1, -0.05) is 12.8 Å². The van der Waals surface area contributed by atoms with Gasteiger partial charge < -0.3 is 5.73 Å². The van der Waals surface area contributed by atoms with E-state index in [2.05, 4.69) is 0 Å². The third-order valence-corrected chi connectivity index (χ3v) is 3.27. The van der Waals surface area contributed by atoms with E-state index in [1.165, 1.54) is 6.07 Å². The quantitative estimate of drug-likeness (QED) is 0.828. The van der Waals surface area contributed by atoms with Crippen LogP contribution < -0.4 is 5.73 Å². The Labute approximate surface area is 92.5 Å². The molecule has 0 aromatic heterocycles. The maximum absolute atomic E-state index is 13.6. The van der Waals surface area contributed by atoms with Gasteiger partial charge in [0.2, 0.25) is 0 Å². The maximum atomic E-state index is 13.6. The molecule has 0 spiro atoms. The summed E-state index contributed by atoms with van der Waals surface area (Å²) in [4.78, 5) is 0. The SMILES string of the molecule is NC1(c2cc(CF)cc(F)c2F)CCCC1. The number of halogens is 3. The molecule has 2 rings (SSSR count). The molecule has 1 saturated carbocycles. The van der Waals surface area contributed by atoms with E-state index >= 15 is 0 Å². The fourth-order valence-corrected chi connectivity index (χ4v) is 2.36. The van der Waals surface area contributed by atoms with Crippen LogP contribution in [0.3, 0.4) is 0 Å². The van der Waals surface area contributed by atoms with E-state index < -0.39 is 23.8 Å². The molecule has 1 aromatic rings. The van der Waals surface area contributed by atoms with E-state index in [1.54, 1.807) is 0 Å². The van der Waals surface area contributed by atoms with E-state index in [4.69, 9.17) is 5.73 Å². The molecule has 0 amide bonds. The number of benzene rings is 1. The molecule has 2 N–H and O–H groups in total. The van der Waals surface area contributed by atoms with Crippen LogP contribution >= 0.6 is 0 Å². The minimum absolute atomic E-state index is 0.123. The molecule has 1 aliphatic rings. The molecule has 16 heavy (non-hydrogen) atoms. The van der Waals surface area contributed by atoms with Gasteiger partial charge in [-0.3, -0.25) is 0 Å². The third-order valence-electron chi connectivity index (χ3n) is 3.27. The van der Waals surface area contributed by atoms with Crippen LogP contribution in [-0.2, 0) is 12.2 Å². The summed E-state index contributed by atoms with van der Waals surface area (Å²) in [6.45, 7) is -0.805. The predicted octanol–water partition coefficient (Wildman–Crippen LogP) is 3.16. The first kappa shape index (κ1) is 11.5. The van der Waals surface area contributed by atoms with Gasteiger partial charge in [-0.05, 0) is 30.5 Å². The lowest BCUT2D eigenvalue weighted by Gasteiger charge is -2.25. The number of alkyl halides is 1. The average Bonchev–Trinajstić information content (AvgIpc) is 2.70. The molecular formula is C12H14F3N. The average molecular weight is 229 g/mol. The van der Waals surface area contributed by atoms with Gasteiger partial charge >= 0.3 is 0 Å². The van der Waals surface area contributed by atoms with E-state index in [9.17, 15) is 13.2 Å². The molecule has 88 valence electrons. The van der Waals surface area contributed by atoms with E-state index in [0.29, 0.717) is 12.8 Å². The van der Waals surface area contributed by atoms with Crippen molar-refractivity contribution in [3.8, 4) is 0 Å². The summed E-state index contributed by atoms with van der Waals surface area (Å²) in [5, 5.41) is 0. The molecule has 0 aliphatic heterocycles. The van der Waals surface area contributed by atoms with E-state index in [0.717, 1.165) is 18.9 Å². The van der Waals surface area contributed by atoms with Crippen molar-refractivity contribution < 1.29 is 13.2 Å². The first-order valence-electron chi connectivity index (χ1n) is 5.40. The topological polar surface area (TPSA) is 26.0 Å². The second-order valence-corrected chi connectivity index (χ2v) is 4.44. The molecule has 0 heterocycles. The Morgan fingerprint density at radius 2 is 1.81 bits per heavy atom. The van der Waals surface area contributed by atoms with Crippen molar-refractivity contribution in [3.05, 3.63) is 34.9 Å². The highest BCUT2D eigenvalue weighted by molar-refractivity contribution is 5.32. The van der Waals surface area contributed by atoms with E-state index in [-0.39, 0.29) is 11.1 Å². The second kappa shape index (κ2) is 4.09. The van der Waals surface area contributed by atoms with Crippen LogP contribution in [0.4, 0.5) is 13.2 Å². The highest BCUT2D eigenvalue weighted by atomic mass is 19.2. The standard InChI is InChI=1S/C12H14F3N/c13-7-8-5-9(11(15)10(14)6-8)12(16)3-1-2-4-12/h5-6H,1-4,7,16H2. The van der Waals surface area contributed by atoms with Crippen molar-refractivity contribution >= 4 is 0 Å². The summed E-state index contributed by atoms with van der Waals surface area (Å²) >= 11 is 0. The van der Waals surface area contributed by atoms with Gasteiger partial charge in [0.25, 0.3) is 0 Å². The van der Waals surface area contributed by atoms with Gasteiger partial charge in [0, 0.05) is 11.1 Å². The zero-order chi connectivity index (χ0) is 11.8. The first-order chi connectivity index (χ1) is 7.57. The summed E-state index contributed by atoms with van der Waals surface area (Å²) in [5.74, 6) is -1.94. The molecule has 0 radical (unpaired) electrons. The van der Waals surface area contributed by atoms with Gasteiger partial charge in [-0.15, -0.1) is 0 Å². The van der Waals surface area contributed by atoms with Crippen LogP contribution in [0.5, 0.6) is 0 Å². The van der Waals surface area contributed by atoms with Gasteiger partial charge in [0.1, 0.15) is 6.67 Å². The van der Waals surface area contributed by atoms with Crippen LogP contribution in [0.2, 0.25) is 0 Å². The number of hydrogen-bond donors (Lipinski definition) is 1. The monoisotopic (exact) mass is 229 g/mol. The number of hydrogen-bond acceptors (Lipinski definition) is 1. The van der Waals surface area contributed by atoms with Crippen LogP contribution in [0.25, 0.3) is 0 Å². The van der Waals surface area contributed by atoms with Gasteiger partial charge in [0.15, 0.2) is 11.6 Å². The van der Waals surface area contributed by atoms with Crippen molar-refractivity contribution in [2.45, 2.75) is 37.9 Å². The zero-order valence-corrected chi connectivity index (χ0v) is 8.90. The molecule has 0 atom stereocenters. The Balaban J connectivity index is 2.50. The summed E-state index contributed by atoms with van der Waals surface area (Å²) in [6, 6.07) is 2.24. The molecular weight excluding hydrogens is 215 g/mol. The van der Waals surface area contributed by atoms with Gasteiger partial charge in [-0.2, -0.15) is 0 Å².